The van der Waals surface area contributed by atoms with Gasteiger partial charge in [0.1, 0.15) is 12.4 Å². The molecule has 17 heavy (non-hydrogen) atoms. The Labute approximate surface area is 100 Å². The summed E-state index contributed by atoms with van der Waals surface area (Å²) in [4.78, 5) is 11.8. The normalized spacial score (nSPS) is 10.0. The number of aliphatic hydroxyl groups excluding tert-OH is 1. The second kappa shape index (κ2) is 7.65. The molecule has 5 nitrogen and oxygen atoms in total. The van der Waals surface area contributed by atoms with Crippen molar-refractivity contribution in [2.75, 3.05) is 33.5 Å². The number of ether oxygens (including phenoxy) is 2. The minimum atomic E-state index is -0.212. The molecule has 0 unspecified atom stereocenters. The van der Waals surface area contributed by atoms with Crippen LogP contribution in [-0.4, -0.2) is 44.5 Å². The molecule has 0 bridgehead atoms. The van der Waals surface area contributed by atoms with Crippen LogP contribution in [0.15, 0.2) is 24.3 Å². The van der Waals surface area contributed by atoms with Crippen LogP contribution < -0.4 is 10.1 Å². The molecule has 0 aromatic heterocycles. The quantitative estimate of drug-likeness (QED) is 0.677. The number of para-hydroxylation sites is 1. The first kappa shape index (κ1) is 13.5. The monoisotopic (exact) mass is 239 g/mol. The van der Waals surface area contributed by atoms with Crippen LogP contribution in [0.2, 0.25) is 0 Å². The third kappa shape index (κ3) is 4.42. The van der Waals surface area contributed by atoms with E-state index in [1.54, 1.807) is 31.4 Å². The third-order valence-electron chi connectivity index (χ3n) is 2.07. The lowest BCUT2D eigenvalue weighted by Crippen LogP contribution is -2.27. The van der Waals surface area contributed by atoms with Crippen LogP contribution in [0, 0.1) is 0 Å². The molecule has 0 saturated carbocycles. The first-order valence-electron chi connectivity index (χ1n) is 5.39. The molecule has 1 amide bonds. The molecule has 1 rings (SSSR count). The topological polar surface area (TPSA) is 67.8 Å². The fourth-order valence-electron chi connectivity index (χ4n) is 1.30. The molecule has 0 heterocycles. The lowest BCUT2D eigenvalue weighted by atomic mass is 10.2. The number of hydrogen-bond donors (Lipinski definition) is 2. The summed E-state index contributed by atoms with van der Waals surface area (Å²) >= 11 is 0. The molecule has 0 atom stereocenters. The molecule has 0 saturated heterocycles. The number of aliphatic hydroxyl groups is 1. The zero-order valence-electron chi connectivity index (χ0n) is 9.81. The van der Waals surface area contributed by atoms with Crippen molar-refractivity contribution in [2.45, 2.75) is 0 Å². The van der Waals surface area contributed by atoms with E-state index in [2.05, 4.69) is 5.32 Å². The van der Waals surface area contributed by atoms with Crippen molar-refractivity contribution in [3.8, 4) is 5.75 Å². The van der Waals surface area contributed by atoms with E-state index in [1.165, 1.54) is 0 Å². The zero-order chi connectivity index (χ0) is 12.5. The van der Waals surface area contributed by atoms with Crippen LogP contribution in [0.1, 0.15) is 10.4 Å². The van der Waals surface area contributed by atoms with Crippen LogP contribution in [0.5, 0.6) is 5.75 Å². The Hall–Kier alpha value is -1.59. The van der Waals surface area contributed by atoms with Crippen LogP contribution in [0.25, 0.3) is 0 Å². The fourth-order valence-corrected chi connectivity index (χ4v) is 1.30. The van der Waals surface area contributed by atoms with Gasteiger partial charge in [0.25, 0.3) is 5.91 Å². The van der Waals surface area contributed by atoms with Crippen LogP contribution in [0.3, 0.4) is 0 Å². The largest absolute Gasteiger partial charge is 0.490 e. The Morgan fingerprint density at radius 2 is 2.12 bits per heavy atom. The van der Waals surface area contributed by atoms with Crippen LogP contribution >= 0.6 is 0 Å². The number of nitrogens with one attached hydrogen (secondary N) is 1. The van der Waals surface area contributed by atoms with Gasteiger partial charge in [-0.2, -0.15) is 0 Å². The number of methoxy groups -OCH3 is 1. The molecule has 1 aromatic carbocycles. The van der Waals surface area contributed by atoms with Crippen molar-refractivity contribution in [2.24, 2.45) is 0 Å². The van der Waals surface area contributed by atoms with Gasteiger partial charge in [0.05, 0.1) is 18.8 Å². The van der Waals surface area contributed by atoms with Crippen molar-refractivity contribution in [1.82, 2.24) is 5.32 Å². The van der Waals surface area contributed by atoms with E-state index in [9.17, 15) is 4.79 Å². The highest BCUT2D eigenvalue weighted by Crippen LogP contribution is 2.17. The van der Waals surface area contributed by atoms with Gasteiger partial charge in [-0.05, 0) is 12.1 Å². The van der Waals surface area contributed by atoms with Crippen molar-refractivity contribution in [3.63, 3.8) is 0 Å². The molecule has 0 radical (unpaired) electrons. The fraction of sp³-hybridized carbons (Fsp3) is 0.417. The SMILES string of the molecule is COCCNC(=O)c1ccccc1OCCO. The average molecular weight is 239 g/mol. The summed E-state index contributed by atoms with van der Waals surface area (Å²) < 4.78 is 10.1. The summed E-state index contributed by atoms with van der Waals surface area (Å²) in [7, 11) is 1.57. The van der Waals surface area contributed by atoms with E-state index in [1.807, 2.05) is 0 Å². The summed E-state index contributed by atoms with van der Waals surface area (Å²) in [6, 6.07) is 6.91. The first-order chi connectivity index (χ1) is 8.29. The van der Waals surface area contributed by atoms with Gasteiger partial charge in [-0.1, -0.05) is 12.1 Å². The summed E-state index contributed by atoms with van der Waals surface area (Å²) in [6.07, 6.45) is 0. The van der Waals surface area contributed by atoms with Gasteiger partial charge >= 0.3 is 0 Å². The number of rotatable bonds is 7. The zero-order valence-corrected chi connectivity index (χ0v) is 9.81. The highest BCUT2D eigenvalue weighted by molar-refractivity contribution is 5.96. The molecule has 5 heteroatoms. The van der Waals surface area contributed by atoms with E-state index >= 15 is 0 Å². The van der Waals surface area contributed by atoms with Gasteiger partial charge in [-0.3, -0.25) is 4.79 Å². The molecule has 1 aromatic rings. The third-order valence-corrected chi connectivity index (χ3v) is 2.07. The molecule has 0 fully saturated rings. The number of carbonyl (C=O) groups excluding carboxylic acids is 1. The molecule has 0 aliphatic carbocycles. The van der Waals surface area contributed by atoms with E-state index in [0.717, 1.165) is 0 Å². The first-order valence-corrected chi connectivity index (χ1v) is 5.39. The van der Waals surface area contributed by atoms with Gasteiger partial charge < -0.3 is 19.9 Å². The van der Waals surface area contributed by atoms with Gasteiger partial charge in [0.15, 0.2) is 0 Å². The average Bonchev–Trinajstić information content (AvgIpc) is 2.37. The van der Waals surface area contributed by atoms with Gasteiger partial charge in [0.2, 0.25) is 0 Å². The Bertz CT molecular complexity index is 354. The minimum Gasteiger partial charge on any atom is -0.490 e. The van der Waals surface area contributed by atoms with Crippen molar-refractivity contribution in [3.05, 3.63) is 29.8 Å². The molecular weight excluding hydrogens is 222 g/mol. The van der Waals surface area contributed by atoms with Gasteiger partial charge in [-0.25, -0.2) is 0 Å². The Morgan fingerprint density at radius 1 is 1.35 bits per heavy atom. The Balaban J connectivity index is 2.64. The van der Waals surface area contributed by atoms with E-state index in [0.29, 0.717) is 24.5 Å². The molecular formula is C12H17NO4. The maximum atomic E-state index is 11.8. The maximum absolute atomic E-state index is 11.8. The predicted molar refractivity (Wildman–Crippen MR) is 63.2 cm³/mol. The number of carbonyl (C=O) groups is 1. The van der Waals surface area contributed by atoms with E-state index in [-0.39, 0.29) is 19.1 Å². The molecule has 94 valence electrons. The van der Waals surface area contributed by atoms with Crippen LogP contribution in [-0.2, 0) is 4.74 Å². The molecule has 0 spiro atoms. The van der Waals surface area contributed by atoms with E-state index < -0.39 is 0 Å². The second-order valence-electron chi connectivity index (χ2n) is 3.32. The van der Waals surface area contributed by atoms with Gasteiger partial charge in [-0.15, -0.1) is 0 Å². The van der Waals surface area contributed by atoms with Crippen LogP contribution in [0.4, 0.5) is 0 Å². The smallest absolute Gasteiger partial charge is 0.255 e. The second-order valence-corrected chi connectivity index (χ2v) is 3.32. The van der Waals surface area contributed by atoms with E-state index in [4.69, 9.17) is 14.6 Å². The molecule has 0 aliphatic rings. The van der Waals surface area contributed by atoms with Gasteiger partial charge in [0, 0.05) is 13.7 Å². The Kier molecular flexibility index (Phi) is 6.06. The molecule has 0 aliphatic heterocycles. The Morgan fingerprint density at radius 3 is 2.82 bits per heavy atom. The van der Waals surface area contributed by atoms with Crippen molar-refractivity contribution < 1.29 is 19.4 Å². The highest BCUT2D eigenvalue weighted by Gasteiger charge is 2.10. The summed E-state index contributed by atoms with van der Waals surface area (Å²) in [6.45, 7) is 0.997. The standard InChI is InChI=1S/C12H17NO4/c1-16-8-6-13-12(15)10-4-2-3-5-11(10)17-9-7-14/h2-5,14H,6-9H2,1H3,(H,13,15). The summed E-state index contributed by atoms with van der Waals surface area (Å²) in [5.41, 5.74) is 0.456. The molecule has 2 N–H and O–H groups in total. The summed E-state index contributed by atoms with van der Waals surface area (Å²) in [5, 5.41) is 11.4. The maximum Gasteiger partial charge on any atom is 0.255 e. The number of amides is 1. The predicted octanol–water partition coefficient (Wildman–Crippen LogP) is 0.434. The lowest BCUT2D eigenvalue weighted by molar-refractivity contribution is 0.0931. The summed E-state index contributed by atoms with van der Waals surface area (Å²) in [5.74, 6) is 0.257. The number of hydrogen-bond acceptors (Lipinski definition) is 4. The minimum absolute atomic E-state index is 0.0837. The lowest BCUT2D eigenvalue weighted by Gasteiger charge is -2.10. The van der Waals surface area contributed by atoms with Crippen molar-refractivity contribution >= 4 is 5.91 Å². The van der Waals surface area contributed by atoms with Crippen molar-refractivity contribution in [1.29, 1.82) is 0 Å². The highest BCUT2D eigenvalue weighted by atomic mass is 16.5. The number of benzene rings is 1.